The lowest BCUT2D eigenvalue weighted by molar-refractivity contribution is -0.121. The molecule has 36 heavy (non-hydrogen) atoms. The smallest absolute Gasteiger partial charge is 0.261 e. The van der Waals surface area contributed by atoms with Crippen LogP contribution in [0, 0.1) is 0 Å². The molecule has 0 bridgehead atoms. The number of hydrogen-bond donors (Lipinski definition) is 1. The third kappa shape index (κ3) is 4.85. The Morgan fingerprint density at radius 2 is 1.94 bits per heavy atom. The van der Waals surface area contributed by atoms with Crippen molar-refractivity contribution in [1.29, 1.82) is 0 Å². The summed E-state index contributed by atoms with van der Waals surface area (Å²) in [7, 11) is 1.60. The lowest BCUT2D eigenvalue weighted by atomic mass is 10.2. The van der Waals surface area contributed by atoms with Crippen LogP contribution in [0.2, 0.25) is 0 Å². The molecule has 11 heteroatoms. The zero-order valence-corrected chi connectivity index (χ0v) is 19.5. The predicted molar refractivity (Wildman–Crippen MR) is 132 cm³/mol. The molecular formula is C25H23N7O4. The summed E-state index contributed by atoms with van der Waals surface area (Å²) in [5.41, 5.74) is 1.85. The second-order valence-electron chi connectivity index (χ2n) is 7.91. The molecule has 0 radical (unpaired) electrons. The Bertz CT molecular complexity index is 1590. The molecule has 0 unspecified atom stereocenters. The molecule has 0 aliphatic heterocycles. The monoisotopic (exact) mass is 485 g/mol. The van der Waals surface area contributed by atoms with Crippen LogP contribution in [0.25, 0.3) is 27.9 Å². The van der Waals surface area contributed by atoms with Gasteiger partial charge in [-0.1, -0.05) is 24.3 Å². The fourth-order valence-corrected chi connectivity index (χ4v) is 3.71. The Morgan fingerprint density at radius 1 is 1.06 bits per heavy atom. The molecule has 0 aliphatic carbocycles. The number of ether oxygens (including phenoxy) is 2. The molecule has 1 N–H and O–H groups in total. The number of methoxy groups -OCH3 is 1. The maximum Gasteiger partial charge on any atom is 0.261 e. The molecule has 3 heterocycles. The van der Waals surface area contributed by atoms with Crippen molar-refractivity contribution in [2.24, 2.45) is 0 Å². The fraction of sp³-hybridized carbons (Fsp3) is 0.200. The summed E-state index contributed by atoms with van der Waals surface area (Å²) in [5, 5.41) is 16.2. The van der Waals surface area contributed by atoms with Gasteiger partial charge in [-0.05, 0) is 30.3 Å². The molecule has 5 rings (SSSR count). The number of para-hydroxylation sites is 1. The minimum absolute atomic E-state index is 0.148. The summed E-state index contributed by atoms with van der Waals surface area (Å²) in [6, 6.07) is 18.0. The highest BCUT2D eigenvalue weighted by atomic mass is 16.5. The third-order valence-electron chi connectivity index (χ3n) is 5.55. The van der Waals surface area contributed by atoms with Gasteiger partial charge >= 0.3 is 0 Å². The van der Waals surface area contributed by atoms with Crippen molar-refractivity contribution in [3.8, 4) is 23.0 Å². The first kappa shape index (κ1) is 23.0. The number of carbonyl (C=O) groups excluding carboxylic acids is 1. The number of nitrogens with zero attached hydrogens (tertiary/aromatic N) is 6. The van der Waals surface area contributed by atoms with Gasteiger partial charge < -0.3 is 14.8 Å². The van der Waals surface area contributed by atoms with E-state index in [9.17, 15) is 9.59 Å². The van der Waals surface area contributed by atoms with Gasteiger partial charge in [0, 0.05) is 24.6 Å². The van der Waals surface area contributed by atoms with Gasteiger partial charge in [-0.2, -0.15) is 4.52 Å². The third-order valence-corrected chi connectivity index (χ3v) is 5.55. The summed E-state index contributed by atoms with van der Waals surface area (Å²) in [6.07, 6.45) is 1.61. The first-order valence-corrected chi connectivity index (χ1v) is 11.3. The molecule has 182 valence electrons. The molecule has 2 aromatic carbocycles. The van der Waals surface area contributed by atoms with E-state index in [1.54, 1.807) is 42.0 Å². The van der Waals surface area contributed by atoms with Crippen molar-refractivity contribution in [2.75, 3.05) is 20.3 Å². The van der Waals surface area contributed by atoms with E-state index < -0.39 is 0 Å². The lowest BCUT2D eigenvalue weighted by Crippen LogP contribution is -2.30. The van der Waals surface area contributed by atoms with Crippen LogP contribution in [-0.2, 0) is 11.3 Å². The Labute approximate surface area is 205 Å². The van der Waals surface area contributed by atoms with E-state index in [0.717, 1.165) is 5.56 Å². The lowest BCUT2D eigenvalue weighted by Gasteiger charge is -2.09. The van der Waals surface area contributed by atoms with Crippen LogP contribution in [-0.4, -0.2) is 55.5 Å². The predicted octanol–water partition coefficient (Wildman–Crippen LogP) is 2.10. The van der Waals surface area contributed by atoms with Crippen molar-refractivity contribution in [3.63, 3.8) is 0 Å². The molecule has 0 aliphatic rings. The standard InChI is InChI=1S/C25H23N7O4/c1-35-18-6-4-5-17(15-18)24-29-28-21-9-10-23(30-32(21)24)36-14-12-26-22(33)11-13-31-16-27-20-8-3-2-7-19(20)25(31)34/h2-10,15-16H,11-14H2,1H3,(H,26,33). The first-order valence-electron chi connectivity index (χ1n) is 11.3. The molecular weight excluding hydrogens is 462 g/mol. The topological polar surface area (TPSA) is 126 Å². The first-order chi connectivity index (χ1) is 17.6. The molecule has 11 nitrogen and oxygen atoms in total. The van der Waals surface area contributed by atoms with E-state index in [-0.39, 0.29) is 37.6 Å². The number of rotatable bonds is 9. The maximum absolute atomic E-state index is 12.5. The second kappa shape index (κ2) is 10.2. The summed E-state index contributed by atoms with van der Waals surface area (Å²) in [5.74, 6) is 1.44. The SMILES string of the molecule is COc1cccc(-c2nnc3ccc(OCCNC(=O)CCn4cnc5ccccc5c4=O)nn23)c1. The second-order valence-corrected chi connectivity index (χ2v) is 7.91. The van der Waals surface area contributed by atoms with Gasteiger partial charge in [0.2, 0.25) is 11.8 Å². The average Bonchev–Trinajstić information content (AvgIpc) is 3.34. The van der Waals surface area contributed by atoms with Gasteiger partial charge in [0.05, 0.1) is 30.9 Å². The van der Waals surface area contributed by atoms with Crippen molar-refractivity contribution >= 4 is 22.5 Å². The summed E-state index contributed by atoms with van der Waals surface area (Å²) in [4.78, 5) is 29.0. The zero-order valence-electron chi connectivity index (χ0n) is 19.5. The quantitative estimate of drug-likeness (QED) is 0.315. The molecule has 0 saturated carbocycles. The minimum atomic E-state index is -0.193. The Morgan fingerprint density at radius 3 is 2.83 bits per heavy atom. The van der Waals surface area contributed by atoms with Crippen LogP contribution in [0.5, 0.6) is 11.6 Å². The number of aromatic nitrogens is 6. The molecule has 1 amide bonds. The van der Waals surface area contributed by atoms with Gasteiger partial charge in [-0.3, -0.25) is 14.2 Å². The van der Waals surface area contributed by atoms with E-state index in [1.165, 1.54) is 10.9 Å². The Balaban J connectivity index is 1.15. The minimum Gasteiger partial charge on any atom is -0.497 e. The number of fused-ring (bicyclic) bond motifs is 2. The normalized spacial score (nSPS) is 11.0. The number of benzene rings is 2. The van der Waals surface area contributed by atoms with Crippen molar-refractivity contribution in [3.05, 3.63) is 77.3 Å². The molecule has 5 aromatic rings. The van der Waals surface area contributed by atoms with Crippen LogP contribution in [0.15, 0.2) is 71.8 Å². The van der Waals surface area contributed by atoms with Crippen LogP contribution in [0.3, 0.4) is 0 Å². The van der Waals surface area contributed by atoms with E-state index in [4.69, 9.17) is 9.47 Å². The van der Waals surface area contributed by atoms with Gasteiger partial charge in [-0.25, -0.2) is 4.98 Å². The van der Waals surface area contributed by atoms with E-state index in [2.05, 4.69) is 25.6 Å². The summed E-state index contributed by atoms with van der Waals surface area (Å²) >= 11 is 0. The van der Waals surface area contributed by atoms with Crippen LogP contribution in [0.4, 0.5) is 0 Å². The van der Waals surface area contributed by atoms with E-state index >= 15 is 0 Å². The molecule has 3 aromatic heterocycles. The molecule has 0 spiro atoms. The van der Waals surface area contributed by atoms with Crippen LogP contribution >= 0.6 is 0 Å². The largest absolute Gasteiger partial charge is 0.497 e. The number of nitrogens with one attached hydrogen (secondary N) is 1. The number of aryl methyl sites for hydroxylation is 1. The van der Waals surface area contributed by atoms with E-state index in [1.807, 2.05) is 30.3 Å². The zero-order chi connectivity index (χ0) is 24.9. The fourth-order valence-electron chi connectivity index (χ4n) is 3.71. The number of amides is 1. The Hall–Kier alpha value is -4.80. The van der Waals surface area contributed by atoms with Gasteiger partial charge in [0.25, 0.3) is 5.56 Å². The van der Waals surface area contributed by atoms with Crippen molar-refractivity contribution in [2.45, 2.75) is 13.0 Å². The van der Waals surface area contributed by atoms with E-state index in [0.29, 0.717) is 34.0 Å². The highest BCUT2D eigenvalue weighted by molar-refractivity contribution is 5.77. The van der Waals surface area contributed by atoms with Crippen LogP contribution in [0.1, 0.15) is 6.42 Å². The Kier molecular flexibility index (Phi) is 6.52. The molecule has 0 fully saturated rings. The van der Waals surface area contributed by atoms with Crippen molar-refractivity contribution in [1.82, 2.24) is 34.7 Å². The molecule has 0 saturated heterocycles. The van der Waals surface area contributed by atoms with Gasteiger partial charge in [-0.15, -0.1) is 15.3 Å². The van der Waals surface area contributed by atoms with Gasteiger partial charge in [0.1, 0.15) is 12.4 Å². The van der Waals surface area contributed by atoms with Crippen molar-refractivity contribution < 1.29 is 14.3 Å². The number of hydrogen-bond acceptors (Lipinski definition) is 8. The summed E-state index contributed by atoms with van der Waals surface area (Å²) < 4.78 is 14.0. The van der Waals surface area contributed by atoms with Crippen LogP contribution < -0.4 is 20.3 Å². The maximum atomic E-state index is 12.5. The summed E-state index contributed by atoms with van der Waals surface area (Å²) in [6.45, 7) is 0.745. The van der Waals surface area contributed by atoms with Gasteiger partial charge in [0.15, 0.2) is 11.5 Å². The highest BCUT2D eigenvalue weighted by Gasteiger charge is 2.12. The highest BCUT2D eigenvalue weighted by Crippen LogP contribution is 2.23. The number of carbonyl (C=O) groups is 1. The average molecular weight is 486 g/mol. The molecule has 0 atom stereocenters.